The molecule has 2 unspecified atom stereocenters. The smallest absolute Gasteiger partial charge is 0.266 e. The number of carbonyl (C=O) groups is 1. The largest absolute Gasteiger partial charge is 0.389 e. The van der Waals surface area contributed by atoms with Crippen LogP contribution in [0, 0.1) is 5.82 Å². The van der Waals surface area contributed by atoms with Gasteiger partial charge < -0.3 is 10.4 Å². The van der Waals surface area contributed by atoms with Crippen molar-refractivity contribution in [1.29, 1.82) is 0 Å². The minimum absolute atomic E-state index is 0.0945. The van der Waals surface area contributed by atoms with E-state index in [2.05, 4.69) is 5.32 Å². The molecule has 156 valence electrons. The quantitative estimate of drug-likeness (QED) is 0.712. The fourth-order valence-corrected chi connectivity index (χ4v) is 4.36. The first-order chi connectivity index (χ1) is 13.6. The van der Waals surface area contributed by atoms with Gasteiger partial charge in [0.1, 0.15) is 18.1 Å². The second-order valence-corrected chi connectivity index (χ2v) is 8.36. The lowest BCUT2D eigenvalue weighted by Gasteiger charge is -2.16. The van der Waals surface area contributed by atoms with Gasteiger partial charge in [0.2, 0.25) is 10.0 Å². The number of nitrogens with one attached hydrogen (secondary N) is 1. The summed E-state index contributed by atoms with van der Waals surface area (Å²) in [5.41, 5.74) is -1.08. The summed E-state index contributed by atoms with van der Waals surface area (Å²) in [6.07, 6.45) is -6.21. The van der Waals surface area contributed by atoms with E-state index in [1.165, 1.54) is 18.2 Å². The molecule has 2 atom stereocenters. The Bertz CT molecular complexity index is 1020. The molecule has 1 amide bonds. The van der Waals surface area contributed by atoms with Crippen LogP contribution in [-0.2, 0) is 10.0 Å². The third-order valence-corrected chi connectivity index (χ3v) is 6.24. The van der Waals surface area contributed by atoms with Crippen LogP contribution < -0.4 is 5.32 Å². The molecule has 1 aliphatic rings. The molecule has 1 saturated heterocycles. The van der Waals surface area contributed by atoms with Gasteiger partial charge in [-0.15, -0.1) is 0 Å². The molecular weight excluding hydrogens is 416 g/mol. The third-order valence-electron chi connectivity index (χ3n) is 4.41. The number of hydrogen-bond acceptors (Lipinski definition) is 4. The van der Waals surface area contributed by atoms with Crippen molar-refractivity contribution in [2.45, 2.75) is 23.6 Å². The Labute approximate surface area is 163 Å². The van der Waals surface area contributed by atoms with Gasteiger partial charge in [0.05, 0.1) is 10.5 Å². The van der Waals surface area contributed by atoms with Crippen molar-refractivity contribution >= 4 is 21.6 Å². The van der Waals surface area contributed by atoms with Crippen molar-refractivity contribution in [1.82, 2.24) is 4.31 Å². The number of halogens is 4. The standard InChI is InChI=1S/C18H16F4N2O4S/c19-14-5-4-11(7-13(14)17(21)22)23-18(26)10-2-1-3-12(6-10)29(27,28)24-8-15(20)16(25)9-24/h1-7,15-17,25H,8-9H2,(H,23,26). The Hall–Kier alpha value is -2.50. The summed E-state index contributed by atoms with van der Waals surface area (Å²) in [6, 6.07) is 7.48. The lowest BCUT2D eigenvalue weighted by molar-refractivity contribution is 0.102. The number of benzene rings is 2. The minimum atomic E-state index is -4.15. The maximum atomic E-state index is 13.5. The zero-order valence-corrected chi connectivity index (χ0v) is 15.5. The number of aliphatic hydroxyl groups excluding tert-OH is 1. The van der Waals surface area contributed by atoms with Gasteiger partial charge in [-0.3, -0.25) is 4.79 Å². The van der Waals surface area contributed by atoms with Crippen LogP contribution in [0.25, 0.3) is 0 Å². The number of amides is 1. The summed E-state index contributed by atoms with van der Waals surface area (Å²) in [5.74, 6) is -1.93. The number of anilines is 1. The topological polar surface area (TPSA) is 86.7 Å². The van der Waals surface area contributed by atoms with E-state index < -0.39 is 59.1 Å². The molecule has 2 aromatic rings. The molecule has 3 rings (SSSR count). The Morgan fingerprint density at radius 2 is 1.90 bits per heavy atom. The number of alkyl halides is 3. The van der Waals surface area contributed by atoms with Crippen LogP contribution in [-0.4, -0.2) is 49.1 Å². The van der Waals surface area contributed by atoms with Gasteiger partial charge >= 0.3 is 0 Å². The predicted octanol–water partition coefficient (Wildman–Crippen LogP) is 2.72. The summed E-state index contributed by atoms with van der Waals surface area (Å²) in [5, 5.41) is 11.7. The third kappa shape index (κ3) is 4.41. The number of aliphatic hydroxyl groups is 1. The molecule has 1 fully saturated rings. The summed E-state index contributed by atoms with van der Waals surface area (Å²) in [4.78, 5) is 12.1. The van der Waals surface area contributed by atoms with E-state index in [1.807, 2.05) is 0 Å². The average molecular weight is 432 g/mol. The van der Waals surface area contributed by atoms with Gasteiger partial charge in [-0.05, 0) is 36.4 Å². The Balaban J connectivity index is 1.82. The molecule has 29 heavy (non-hydrogen) atoms. The highest BCUT2D eigenvalue weighted by Gasteiger charge is 2.38. The predicted molar refractivity (Wildman–Crippen MR) is 95.4 cm³/mol. The van der Waals surface area contributed by atoms with Crippen LogP contribution >= 0.6 is 0 Å². The van der Waals surface area contributed by atoms with Crippen molar-refractivity contribution in [3.63, 3.8) is 0 Å². The zero-order chi connectivity index (χ0) is 21.3. The van der Waals surface area contributed by atoms with Gasteiger partial charge in [-0.2, -0.15) is 4.31 Å². The van der Waals surface area contributed by atoms with Crippen molar-refractivity contribution < 1.29 is 35.9 Å². The number of hydrogen-bond donors (Lipinski definition) is 2. The maximum absolute atomic E-state index is 13.5. The fourth-order valence-electron chi connectivity index (χ4n) is 2.85. The van der Waals surface area contributed by atoms with E-state index in [0.717, 1.165) is 28.6 Å². The molecule has 2 aromatic carbocycles. The Morgan fingerprint density at radius 3 is 2.52 bits per heavy atom. The van der Waals surface area contributed by atoms with Crippen LogP contribution in [0.4, 0.5) is 23.2 Å². The van der Waals surface area contributed by atoms with E-state index in [-0.39, 0.29) is 16.1 Å². The lowest BCUT2D eigenvalue weighted by atomic mass is 10.1. The van der Waals surface area contributed by atoms with Crippen molar-refractivity contribution in [2.24, 2.45) is 0 Å². The SMILES string of the molecule is O=C(Nc1ccc(F)c(C(F)F)c1)c1cccc(S(=O)(=O)N2CC(O)C(F)C2)c1. The van der Waals surface area contributed by atoms with Crippen LogP contribution in [0.5, 0.6) is 0 Å². The molecule has 0 spiro atoms. The number of sulfonamides is 1. The molecule has 11 heteroatoms. The normalized spacial score (nSPS) is 20.2. The highest BCUT2D eigenvalue weighted by atomic mass is 32.2. The van der Waals surface area contributed by atoms with Crippen molar-refractivity contribution in [3.8, 4) is 0 Å². The molecule has 0 radical (unpaired) electrons. The van der Waals surface area contributed by atoms with E-state index in [4.69, 9.17) is 0 Å². The van der Waals surface area contributed by atoms with E-state index >= 15 is 0 Å². The second kappa shape index (κ2) is 8.09. The van der Waals surface area contributed by atoms with Crippen LogP contribution in [0.15, 0.2) is 47.4 Å². The number of carbonyl (C=O) groups excluding carboxylic acids is 1. The first-order valence-electron chi connectivity index (χ1n) is 8.41. The summed E-state index contributed by atoms with van der Waals surface area (Å²) in [7, 11) is -4.15. The first kappa shape index (κ1) is 21.2. The van der Waals surface area contributed by atoms with E-state index in [1.54, 1.807) is 0 Å². The molecule has 0 bridgehead atoms. The Morgan fingerprint density at radius 1 is 1.17 bits per heavy atom. The Kier molecular flexibility index (Phi) is 5.92. The number of β-amino-alcohol motifs (C(OH)–C–C–N with tert-alkyl or cyclic N) is 1. The van der Waals surface area contributed by atoms with Crippen LogP contribution in [0.3, 0.4) is 0 Å². The van der Waals surface area contributed by atoms with E-state index in [0.29, 0.717) is 0 Å². The van der Waals surface area contributed by atoms with Gasteiger partial charge in [-0.25, -0.2) is 26.0 Å². The molecule has 0 aromatic heterocycles. The molecule has 0 aliphatic carbocycles. The molecule has 1 aliphatic heterocycles. The van der Waals surface area contributed by atoms with Gasteiger partial charge in [0, 0.05) is 24.3 Å². The van der Waals surface area contributed by atoms with Crippen LogP contribution in [0.2, 0.25) is 0 Å². The highest BCUT2D eigenvalue weighted by Crippen LogP contribution is 2.26. The first-order valence-corrected chi connectivity index (χ1v) is 9.85. The molecule has 6 nitrogen and oxygen atoms in total. The van der Waals surface area contributed by atoms with Crippen molar-refractivity contribution in [2.75, 3.05) is 18.4 Å². The molecule has 1 heterocycles. The maximum Gasteiger partial charge on any atom is 0.266 e. The average Bonchev–Trinajstić information content (AvgIpc) is 3.02. The highest BCUT2D eigenvalue weighted by molar-refractivity contribution is 7.89. The van der Waals surface area contributed by atoms with Gasteiger partial charge in [0.15, 0.2) is 0 Å². The van der Waals surface area contributed by atoms with Gasteiger partial charge in [0.25, 0.3) is 12.3 Å². The molecule has 0 saturated carbocycles. The summed E-state index contributed by atoms with van der Waals surface area (Å²) < 4.78 is 78.4. The summed E-state index contributed by atoms with van der Waals surface area (Å²) in [6.45, 7) is -0.919. The lowest BCUT2D eigenvalue weighted by Crippen LogP contribution is -2.30. The minimum Gasteiger partial charge on any atom is -0.389 e. The molecule has 2 N–H and O–H groups in total. The van der Waals surface area contributed by atoms with E-state index in [9.17, 15) is 35.9 Å². The van der Waals surface area contributed by atoms with Crippen molar-refractivity contribution in [3.05, 3.63) is 59.4 Å². The number of rotatable bonds is 5. The van der Waals surface area contributed by atoms with Gasteiger partial charge in [-0.1, -0.05) is 6.07 Å². The molecular formula is C18H16F4N2O4S. The monoisotopic (exact) mass is 432 g/mol. The number of nitrogens with zero attached hydrogens (tertiary/aromatic N) is 1. The summed E-state index contributed by atoms with van der Waals surface area (Å²) >= 11 is 0. The fraction of sp³-hybridized carbons (Fsp3) is 0.278. The van der Waals surface area contributed by atoms with Crippen LogP contribution in [0.1, 0.15) is 22.3 Å². The second-order valence-electron chi connectivity index (χ2n) is 6.42. The zero-order valence-electron chi connectivity index (χ0n) is 14.7.